The third-order valence-corrected chi connectivity index (χ3v) is 6.24. The highest BCUT2D eigenvalue weighted by molar-refractivity contribution is 5.94. The number of hydrogen-bond donors (Lipinski definition) is 1. The van der Waals surface area contributed by atoms with Crippen LogP contribution in [0.4, 0.5) is 0 Å². The van der Waals surface area contributed by atoms with Crippen molar-refractivity contribution in [1.82, 2.24) is 24.8 Å². The Morgan fingerprint density at radius 2 is 1.88 bits per heavy atom. The number of hydrogen-bond acceptors (Lipinski definition) is 4. The summed E-state index contributed by atoms with van der Waals surface area (Å²) in [5.41, 5.74) is 4.24. The molecule has 2 aromatic heterocycles. The van der Waals surface area contributed by atoms with Crippen molar-refractivity contribution in [1.29, 1.82) is 0 Å². The zero-order valence-electron chi connectivity index (χ0n) is 18.2. The second-order valence-electron chi connectivity index (χ2n) is 8.16. The molecule has 1 atom stereocenters. The molecule has 1 fully saturated rings. The highest BCUT2D eigenvalue weighted by Crippen LogP contribution is 2.27. The van der Waals surface area contributed by atoms with Crippen LogP contribution >= 0.6 is 0 Å². The van der Waals surface area contributed by atoms with Gasteiger partial charge in [-0.2, -0.15) is 0 Å². The maximum absolute atomic E-state index is 12.7. The molecule has 0 saturated carbocycles. The van der Waals surface area contributed by atoms with E-state index in [1.165, 1.54) is 6.42 Å². The number of likely N-dealkylation sites (N-methyl/N-ethyl adjacent to an activating group) is 1. The zero-order valence-corrected chi connectivity index (χ0v) is 18.2. The van der Waals surface area contributed by atoms with Gasteiger partial charge in [0.1, 0.15) is 11.3 Å². The number of rotatable bonds is 6. The first-order valence-corrected chi connectivity index (χ1v) is 11.3. The van der Waals surface area contributed by atoms with Gasteiger partial charge >= 0.3 is 0 Å². The molecule has 162 valence electrons. The van der Waals surface area contributed by atoms with Crippen molar-refractivity contribution in [3.63, 3.8) is 0 Å². The smallest absolute Gasteiger partial charge is 0.251 e. The van der Waals surface area contributed by atoms with Crippen LogP contribution in [0.5, 0.6) is 0 Å². The molecule has 32 heavy (non-hydrogen) atoms. The highest BCUT2D eigenvalue weighted by Gasteiger charge is 2.23. The van der Waals surface area contributed by atoms with Gasteiger partial charge in [-0.25, -0.2) is 9.97 Å². The zero-order chi connectivity index (χ0) is 21.9. The Kier molecular flexibility index (Phi) is 5.69. The minimum atomic E-state index is -0.0311. The number of likely N-dealkylation sites (tertiary alicyclic amines) is 1. The van der Waals surface area contributed by atoms with E-state index in [1.54, 1.807) is 6.20 Å². The van der Waals surface area contributed by atoms with Crippen LogP contribution in [0.2, 0.25) is 0 Å². The topological polar surface area (TPSA) is 63.1 Å². The Hall–Kier alpha value is -3.51. The summed E-state index contributed by atoms with van der Waals surface area (Å²) in [7, 11) is 0. The third kappa shape index (κ3) is 3.89. The van der Waals surface area contributed by atoms with Crippen molar-refractivity contribution in [2.45, 2.75) is 25.8 Å². The van der Waals surface area contributed by atoms with Crippen molar-refractivity contribution in [3.8, 4) is 17.1 Å². The summed E-state index contributed by atoms with van der Waals surface area (Å²) < 4.78 is 2.05. The number of aromatic nitrogens is 3. The van der Waals surface area contributed by atoms with Gasteiger partial charge in [-0.3, -0.25) is 14.3 Å². The molecule has 1 amide bonds. The van der Waals surface area contributed by atoms with E-state index < -0.39 is 0 Å². The van der Waals surface area contributed by atoms with Crippen molar-refractivity contribution in [2.24, 2.45) is 0 Å². The summed E-state index contributed by atoms with van der Waals surface area (Å²) in [6, 6.07) is 22.1. The van der Waals surface area contributed by atoms with Gasteiger partial charge in [0.2, 0.25) is 0 Å². The van der Waals surface area contributed by atoms with Gasteiger partial charge in [0.05, 0.1) is 0 Å². The number of imidazole rings is 1. The number of fused-ring (bicyclic) bond motifs is 1. The fourth-order valence-corrected chi connectivity index (χ4v) is 4.55. The number of amides is 1. The van der Waals surface area contributed by atoms with Gasteiger partial charge in [0.15, 0.2) is 5.65 Å². The van der Waals surface area contributed by atoms with Gasteiger partial charge in [-0.1, -0.05) is 37.3 Å². The maximum atomic E-state index is 12.7. The third-order valence-electron chi connectivity index (χ3n) is 6.24. The number of pyridine rings is 1. The molecule has 0 spiro atoms. The monoisotopic (exact) mass is 425 g/mol. The van der Waals surface area contributed by atoms with E-state index in [1.807, 2.05) is 71.3 Å². The molecule has 6 heteroatoms. The van der Waals surface area contributed by atoms with Crippen LogP contribution in [0.3, 0.4) is 0 Å². The van der Waals surface area contributed by atoms with Gasteiger partial charge in [0.25, 0.3) is 5.91 Å². The lowest BCUT2D eigenvalue weighted by atomic mass is 10.1. The van der Waals surface area contributed by atoms with Crippen LogP contribution in [-0.2, 0) is 0 Å². The molecule has 5 rings (SSSR count). The van der Waals surface area contributed by atoms with E-state index in [9.17, 15) is 4.79 Å². The van der Waals surface area contributed by atoms with E-state index in [-0.39, 0.29) is 5.91 Å². The largest absolute Gasteiger partial charge is 0.350 e. The van der Waals surface area contributed by atoms with Crippen molar-refractivity contribution < 1.29 is 4.79 Å². The molecule has 3 heterocycles. The van der Waals surface area contributed by atoms with Crippen LogP contribution in [0.15, 0.2) is 72.9 Å². The quantitative estimate of drug-likeness (QED) is 0.500. The predicted octanol–water partition coefficient (Wildman–Crippen LogP) is 4.30. The SMILES string of the molecule is CCN1CCCC1CNC(=O)c1ccc(-n2c(-c3ccccc3)nc3cccnc32)cc1. The van der Waals surface area contributed by atoms with Crippen LogP contribution in [-0.4, -0.2) is 51.0 Å². The Bertz CT molecular complexity index is 1220. The summed E-state index contributed by atoms with van der Waals surface area (Å²) in [5.74, 6) is 0.800. The maximum Gasteiger partial charge on any atom is 0.251 e. The second-order valence-corrected chi connectivity index (χ2v) is 8.16. The molecule has 2 aromatic carbocycles. The molecular formula is C26H27N5O. The Labute approximate surface area is 187 Å². The molecular weight excluding hydrogens is 398 g/mol. The molecule has 1 aliphatic rings. The van der Waals surface area contributed by atoms with Crippen LogP contribution in [0.25, 0.3) is 28.2 Å². The molecule has 1 N–H and O–H groups in total. The van der Waals surface area contributed by atoms with Gasteiger partial charge < -0.3 is 5.32 Å². The van der Waals surface area contributed by atoms with Crippen LogP contribution < -0.4 is 5.32 Å². The fourth-order valence-electron chi connectivity index (χ4n) is 4.55. The Morgan fingerprint density at radius 3 is 2.66 bits per heavy atom. The number of nitrogens with one attached hydrogen (secondary N) is 1. The van der Waals surface area contributed by atoms with Crippen molar-refractivity contribution in [3.05, 3.63) is 78.5 Å². The predicted molar refractivity (Wildman–Crippen MR) is 127 cm³/mol. The van der Waals surface area contributed by atoms with Crippen molar-refractivity contribution in [2.75, 3.05) is 19.6 Å². The second kappa shape index (κ2) is 8.93. The summed E-state index contributed by atoms with van der Waals surface area (Å²) in [4.78, 5) is 24.6. The van der Waals surface area contributed by atoms with E-state index in [0.29, 0.717) is 18.2 Å². The molecule has 0 bridgehead atoms. The van der Waals surface area contributed by atoms with E-state index in [2.05, 4.69) is 22.1 Å². The lowest BCUT2D eigenvalue weighted by Gasteiger charge is -2.22. The summed E-state index contributed by atoms with van der Waals surface area (Å²) in [6.07, 6.45) is 4.13. The molecule has 1 unspecified atom stereocenters. The standard InChI is InChI=1S/C26H27N5O/c1-2-30-17-7-10-22(30)18-28-26(32)20-12-14-21(15-13-20)31-24(19-8-4-3-5-9-19)29-23-11-6-16-27-25(23)31/h3-6,8-9,11-16,22H,2,7,10,17-18H2,1H3,(H,28,32). The van der Waals surface area contributed by atoms with Gasteiger partial charge in [-0.15, -0.1) is 0 Å². The normalized spacial score (nSPS) is 16.5. The highest BCUT2D eigenvalue weighted by atomic mass is 16.1. The minimum Gasteiger partial charge on any atom is -0.350 e. The first-order chi connectivity index (χ1) is 15.7. The van der Waals surface area contributed by atoms with E-state index >= 15 is 0 Å². The molecule has 0 radical (unpaired) electrons. The van der Waals surface area contributed by atoms with Gasteiger partial charge in [0, 0.05) is 35.6 Å². The summed E-state index contributed by atoms with van der Waals surface area (Å²) in [5, 5.41) is 3.11. The van der Waals surface area contributed by atoms with Gasteiger partial charge in [-0.05, 0) is 62.3 Å². The number of carbonyl (C=O) groups is 1. The Morgan fingerprint density at radius 1 is 1.06 bits per heavy atom. The summed E-state index contributed by atoms with van der Waals surface area (Å²) >= 11 is 0. The molecule has 4 aromatic rings. The molecule has 6 nitrogen and oxygen atoms in total. The average molecular weight is 426 g/mol. The van der Waals surface area contributed by atoms with E-state index in [0.717, 1.165) is 47.7 Å². The first kappa shape index (κ1) is 20.4. The molecule has 1 aliphatic heterocycles. The lowest BCUT2D eigenvalue weighted by Crippen LogP contribution is -2.40. The van der Waals surface area contributed by atoms with E-state index in [4.69, 9.17) is 4.98 Å². The molecule has 1 saturated heterocycles. The average Bonchev–Trinajstić information content (AvgIpc) is 3.47. The van der Waals surface area contributed by atoms with Crippen LogP contribution in [0, 0.1) is 0 Å². The Balaban J connectivity index is 1.41. The fraction of sp³-hybridized carbons (Fsp3) is 0.269. The lowest BCUT2D eigenvalue weighted by molar-refractivity contribution is 0.0941. The minimum absolute atomic E-state index is 0.0311. The van der Waals surface area contributed by atoms with Crippen LogP contribution in [0.1, 0.15) is 30.1 Å². The number of nitrogens with zero attached hydrogens (tertiary/aromatic N) is 4. The number of benzene rings is 2. The first-order valence-electron chi connectivity index (χ1n) is 11.3. The number of carbonyl (C=O) groups excluding carboxylic acids is 1. The van der Waals surface area contributed by atoms with Crippen molar-refractivity contribution >= 4 is 17.1 Å². The summed E-state index contributed by atoms with van der Waals surface area (Å²) in [6.45, 7) is 5.04. The molecule has 0 aliphatic carbocycles.